The predicted octanol–water partition coefficient (Wildman–Crippen LogP) is 1.23. The first-order chi connectivity index (χ1) is 7.25. The molecule has 1 amide bonds. The van der Waals surface area contributed by atoms with E-state index in [1.165, 1.54) is 6.92 Å². The van der Waals surface area contributed by atoms with Crippen LogP contribution in [0.4, 0.5) is 5.69 Å². The van der Waals surface area contributed by atoms with E-state index in [1.54, 1.807) is 17.1 Å². The van der Waals surface area contributed by atoms with Gasteiger partial charge in [-0.15, -0.1) is 5.10 Å². The Labute approximate surface area is 86.7 Å². The Bertz CT molecular complexity index is 447. The molecule has 1 heterocycles. The Hall–Kier alpha value is -2.17. The fraction of sp³-hybridized carbons (Fsp3) is 0.100. The maximum atomic E-state index is 10.8. The third kappa shape index (κ3) is 2.19. The smallest absolute Gasteiger partial charge is 0.221 e. The number of carbonyl (C=O) groups is 1. The van der Waals surface area contributed by atoms with Crippen molar-refractivity contribution < 1.29 is 4.79 Å². The summed E-state index contributed by atoms with van der Waals surface area (Å²) in [5.41, 5.74) is 1.67. The number of rotatable bonds is 2. The van der Waals surface area contributed by atoms with E-state index in [2.05, 4.69) is 15.6 Å². The van der Waals surface area contributed by atoms with E-state index in [1.807, 2.05) is 24.3 Å². The highest BCUT2D eigenvalue weighted by Crippen LogP contribution is 2.11. The van der Waals surface area contributed by atoms with E-state index in [0.717, 1.165) is 11.4 Å². The number of hydrogen-bond donors (Lipinski definition) is 1. The minimum Gasteiger partial charge on any atom is -0.326 e. The molecule has 0 atom stereocenters. The first-order valence-corrected chi connectivity index (χ1v) is 4.50. The number of hydrogen-bond acceptors (Lipinski definition) is 3. The van der Waals surface area contributed by atoms with Gasteiger partial charge in [0.15, 0.2) is 0 Å². The molecule has 0 unspecified atom stereocenters. The van der Waals surface area contributed by atoms with Crippen molar-refractivity contribution in [3.63, 3.8) is 0 Å². The van der Waals surface area contributed by atoms with E-state index in [9.17, 15) is 4.79 Å². The van der Waals surface area contributed by atoms with Crippen LogP contribution in [-0.2, 0) is 4.79 Å². The van der Waals surface area contributed by atoms with Crippen molar-refractivity contribution in [2.45, 2.75) is 6.92 Å². The van der Waals surface area contributed by atoms with Gasteiger partial charge in [-0.05, 0) is 24.3 Å². The number of aromatic nitrogens is 3. The molecule has 0 saturated carbocycles. The lowest BCUT2D eigenvalue weighted by Gasteiger charge is -2.03. The summed E-state index contributed by atoms with van der Waals surface area (Å²) in [4.78, 5) is 10.8. The van der Waals surface area contributed by atoms with Gasteiger partial charge >= 0.3 is 0 Å². The zero-order chi connectivity index (χ0) is 10.7. The van der Waals surface area contributed by atoms with Crippen LogP contribution in [0.15, 0.2) is 36.7 Å². The zero-order valence-electron chi connectivity index (χ0n) is 8.21. The van der Waals surface area contributed by atoms with Gasteiger partial charge in [0.2, 0.25) is 5.91 Å². The van der Waals surface area contributed by atoms with Gasteiger partial charge in [0, 0.05) is 12.6 Å². The summed E-state index contributed by atoms with van der Waals surface area (Å²) in [5.74, 6) is -0.0801. The third-order valence-electron chi connectivity index (χ3n) is 1.87. The monoisotopic (exact) mass is 202 g/mol. The molecule has 0 aliphatic heterocycles. The highest BCUT2D eigenvalue weighted by Gasteiger charge is 1.98. The SMILES string of the molecule is CC(=O)Nc1ccc(-n2ccnn2)cc1. The average Bonchev–Trinajstić information content (AvgIpc) is 2.71. The predicted molar refractivity (Wildman–Crippen MR) is 55.7 cm³/mol. The Kier molecular flexibility index (Phi) is 2.45. The van der Waals surface area contributed by atoms with Crippen molar-refractivity contribution in [1.82, 2.24) is 15.0 Å². The van der Waals surface area contributed by atoms with Crippen LogP contribution < -0.4 is 5.32 Å². The molecule has 1 N–H and O–H groups in total. The van der Waals surface area contributed by atoms with Crippen molar-refractivity contribution >= 4 is 11.6 Å². The van der Waals surface area contributed by atoms with Crippen molar-refractivity contribution in [1.29, 1.82) is 0 Å². The number of carbonyl (C=O) groups excluding carboxylic acids is 1. The maximum absolute atomic E-state index is 10.8. The first-order valence-electron chi connectivity index (χ1n) is 4.50. The molecule has 0 aliphatic carbocycles. The molecule has 0 aliphatic rings. The molecule has 1 aromatic heterocycles. The summed E-state index contributed by atoms with van der Waals surface area (Å²) in [5, 5.41) is 10.3. The van der Waals surface area contributed by atoms with Crippen LogP contribution in [0.3, 0.4) is 0 Å². The Balaban J connectivity index is 2.21. The Morgan fingerprint density at radius 2 is 2.07 bits per heavy atom. The summed E-state index contributed by atoms with van der Waals surface area (Å²) < 4.78 is 1.65. The number of anilines is 1. The van der Waals surface area contributed by atoms with Crippen LogP contribution in [0.2, 0.25) is 0 Å². The first kappa shape index (κ1) is 9.39. The Morgan fingerprint density at radius 3 is 2.60 bits per heavy atom. The van der Waals surface area contributed by atoms with Crippen molar-refractivity contribution in [3.05, 3.63) is 36.7 Å². The molecule has 76 valence electrons. The highest BCUT2D eigenvalue weighted by molar-refractivity contribution is 5.88. The molecule has 0 radical (unpaired) electrons. The molecule has 5 heteroatoms. The molecule has 0 fully saturated rings. The van der Waals surface area contributed by atoms with Gasteiger partial charge in [-0.2, -0.15) is 0 Å². The molecule has 15 heavy (non-hydrogen) atoms. The van der Waals surface area contributed by atoms with Gasteiger partial charge < -0.3 is 5.32 Å². The third-order valence-corrected chi connectivity index (χ3v) is 1.87. The quantitative estimate of drug-likeness (QED) is 0.796. The molecule has 0 bridgehead atoms. The number of nitrogens with one attached hydrogen (secondary N) is 1. The van der Waals surface area contributed by atoms with Gasteiger partial charge in [-0.1, -0.05) is 5.21 Å². The van der Waals surface area contributed by atoms with Gasteiger partial charge in [0.05, 0.1) is 18.1 Å². The minimum absolute atomic E-state index is 0.0801. The molecular weight excluding hydrogens is 192 g/mol. The summed E-state index contributed by atoms with van der Waals surface area (Å²) in [6.45, 7) is 1.48. The molecule has 0 spiro atoms. The molecule has 1 aromatic carbocycles. The fourth-order valence-corrected chi connectivity index (χ4v) is 1.25. The number of nitrogens with zero attached hydrogens (tertiary/aromatic N) is 3. The lowest BCUT2D eigenvalue weighted by molar-refractivity contribution is -0.114. The minimum atomic E-state index is -0.0801. The van der Waals surface area contributed by atoms with E-state index in [4.69, 9.17) is 0 Å². The Morgan fingerprint density at radius 1 is 1.33 bits per heavy atom. The molecule has 2 rings (SSSR count). The molecule has 5 nitrogen and oxygen atoms in total. The lowest BCUT2D eigenvalue weighted by atomic mass is 10.3. The van der Waals surface area contributed by atoms with Crippen LogP contribution in [0, 0.1) is 0 Å². The standard InChI is InChI=1S/C10H10N4O/c1-8(15)12-9-2-4-10(5-3-9)14-7-6-11-13-14/h2-7H,1H3,(H,12,15). The average molecular weight is 202 g/mol. The second kappa shape index (κ2) is 3.91. The second-order valence-electron chi connectivity index (χ2n) is 3.08. The number of amides is 1. The summed E-state index contributed by atoms with van der Waals surface area (Å²) >= 11 is 0. The van der Waals surface area contributed by atoms with Gasteiger partial charge in [0.25, 0.3) is 0 Å². The largest absolute Gasteiger partial charge is 0.326 e. The summed E-state index contributed by atoms with van der Waals surface area (Å²) in [7, 11) is 0. The maximum Gasteiger partial charge on any atom is 0.221 e. The summed E-state index contributed by atoms with van der Waals surface area (Å²) in [6.07, 6.45) is 3.37. The van der Waals surface area contributed by atoms with E-state index in [-0.39, 0.29) is 5.91 Å². The van der Waals surface area contributed by atoms with Gasteiger partial charge in [-0.25, -0.2) is 4.68 Å². The van der Waals surface area contributed by atoms with Crippen LogP contribution >= 0.6 is 0 Å². The molecule has 2 aromatic rings. The molecule has 0 saturated heterocycles. The van der Waals surface area contributed by atoms with Crippen LogP contribution in [0.25, 0.3) is 5.69 Å². The van der Waals surface area contributed by atoms with Gasteiger partial charge in [0.1, 0.15) is 0 Å². The summed E-state index contributed by atoms with van der Waals surface area (Å²) in [6, 6.07) is 7.36. The van der Waals surface area contributed by atoms with E-state index >= 15 is 0 Å². The lowest BCUT2D eigenvalue weighted by Crippen LogP contribution is -2.05. The van der Waals surface area contributed by atoms with Crippen LogP contribution in [0.5, 0.6) is 0 Å². The second-order valence-corrected chi connectivity index (χ2v) is 3.08. The van der Waals surface area contributed by atoms with Crippen molar-refractivity contribution in [3.8, 4) is 5.69 Å². The molecular formula is C10H10N4O. The topological polar surface area (TPSA) is 59.8 Å². The van der Waals surface area contributed by atoms with Crippen molar-refractivity contribution in [2.24, 2.45) is 0 Å². The van der Waals surface area contributed by atoms with Crippen LogP contribution in [0.1, 0.15) is 6.92 Å². The van der Waals surface area contributed by atoms with Gasteiger partial charge in [-0.3, -0.25) is 4.79 Å². The van der Waals surface area contributed by atoms with Crippen molar-refractivity contribution in [2.75, 3.05) is 5.32 Å². The fourth-order valence-electron chi connectivity index (χ4n) is 1.25. The highest BCUT2D eigenvalue weighted by atomic mass is 16.1. The van der Waals surface area contributed by atoms with E-state index < -0.39 is 0 Å². The van der Waals surface area contributed by atoms with Crippen LogP contribution in [-0.4, -0.2) is 20.9 Å². The normalized spacial score (nSPS) is 9.93. The van der Waals surface area contributed by atoms with E-state index in [0.29, 0.717) is 0 Å². The number of benzene rings is 1. The zero-order valence-corrected chi connectivity index (χ0v) is 8.21.